The summed E-state index contributed by atoms with van der Waals surface area (Å²) >= 11 is 0. The molecule has 2 aromatic rings. The summed E-state index contributed by atoms with van der Waals surface area (Å²) < 4.78 is 5.17. The van der Waals surface area contributed by atoms with Crippen molar-refractivity contribution in [2.45, 2.75) is 19.9 Å². The van der Waals surface area contributed by atoms with Crippen LogP contribution >= 0.6 is 0 Å². The minimum absolute atomic E-state index is 0.00432. The second-order valence-electron chi connectivity index (χ2n) is 6.50. The molecule has 0 bridgehead atoms. The molecular formula is C19H24N3O3+. The van der Waals surface area contributed by atoms with Gasteiger partial charge in [0.15, 0.2) is 11.8 Å². The average molecular weight is 342 g/mol. The topological polar surface area (TPSA) is 67.0 Å². The fourth-order valence-corrected chi connectivity index (χ4v) is 3.06. The monoisotopic (exact) mass is 342 g/mol. The molecule has 0 unspecified atom stereocenters. The minimum atomic E-state index is -0.165. The van der Waals surface area contributed by atoms with E-state index in [1.165, 1.54) is 11.2 Å². The molecule has 6 heteroatoms. The summed E-state index contributed by atoms with van der Waals surface area (Å²) in [5.74, 6) is 0.291. The van der Waals surface area contributed by atoms with E-state index >= 15 is 0 Å². The number of rotatable bonds is 4. The maximum Gasteiger partial charge on any atom is 0.289 e. The summed E-state index contributed by atoms with van der Waals surface area (Å²) in [6.07, 6.45) is 1.51. The van der Waals surface area contributed by atoms with E-state index < -0.39 is 0 Å². The Labute approximate surface area is 147 Å². The molecular weight excluding hydrogens is 318 g/mol. The van der Waals surface area contributed by atoms with Crippen LogP contribution in [0.4, 0.5) is 5.69 Å². The molecule has 1 aliphatic heterocycles. The predicted octanol–water partition coefficient (Wildman–Crippen LogP) is 0.956. The molecule has 25 heavy (non-hydrogen) atoms. The van der Waals surface area contributed by atoms with Gasteiger partial charge in [-0.1, -0.05) is 17.7 Å². The van der Waals surface area contributed by atoms with Crippen LogP contribution in [0.1, 0.15) is 23.0 Å². The Kier molecular flexibility index (Phi) is 5.19. The van der Waals surface area contributed by atoms with Crippen LogP contribution in [-0.2, 0) is 4.79 Å². The van der Waals surface area contributed by atoms with E-state index in [9.17, 15) is 9.59 Å². The second kappa shape index (κ2) is 7.53. The SMILES string of the molecule is Cc1ccc(NC(=O)[C@@H](C)[NH+]2CCN(C(=O)c3ccco3)CC2)cc1. The van der Waals surface area contributed by atoms with Gasteiger partial charge in [-0.25, -0.2) is 0 Å². The fourth-order valence-electron chi connectivity index (χ4n) is 3.06. The van der Waals surface area contributed by atoms with Crippen LogP contribution < -0.4 is 10.2 Å². The molecule has 1 fully saturated rings. The maximum absolute atomic E-state index is 12.5. The summed E-state index contributed by atoms with van der Waals surface area (Å²) in [5, 5.41) is 2.97. The highest BCUT2D eigenvalue weighted by atomic mass is 16.3. The van der Waals surface area contributed by atoms with Gasteiger partial charge in [0, 0.05) is 5.69 Å². The smallest absolute Gasteiger partial charge is 0.289 e. The van der Waals surface area contributed by atoms with Gasteiger partial charge in [-0.3, -0.25) is 9.59 Å². The van der Waals surface area contributed by atoms with Gasteiger partial charge in [0.2, 0.25) is 0 Å². The third-order valence-corrected chi connectivity index (χ3v) is 4.75. The van der Waals surface area contributed by atoms with E-state index in [1.54, 1.807) is 17.0 Å². The summed E-state index contributed by atoms with van der Waals surface area (Å²) in [6.45, 7) is 6.68. The van der Waals surface area contributed by atoms with Gasteiger partial charge < -0.3 is 19.5 Å². The number of carbonyl (C=O) groups is 2. The van der Waals surface area contributed by atoms with Gasteiger partial charge in [-0.05, 0) is 38.1 Å². The minimum Gasteiger partial charge on any atom is -0.459 e. The molecule has 0 spiro atoms. The molecule has 2 N–H and O–H groups in total. The number of amides is 2. The van der Waals surface area contributed by atoms with Crippen LogP contribution in [0.3, 0.4) is 0 Å². The van der Waals surface area contributed by atoms with Gasteiger partial charge in [-0.2, -0.15) is 0 Å². The van der Waals surface area contributed by atoms with Crippen molar-refractivity contribution in [3.05, 3.63) is 54.0 Å². The lowest BCUT2D eigenvalue weighted by atomic mass is 10.2. The highest BCUT2D eigenvalue weighted by Gasteiger charge is 2.31. The fraction of sp³-hybridized carbons (Fsp3) is 0.368. The Morgan fingerprint density at radius 1 is 1.16 bits per heavy atom. The second-order valence-corrected chi connectivity index (χ2v) is 6.50. The van der Waals surface area contributed by atoms with Gasteiger partial charge >= 0.3 is 0 Å². The van der Waals surface area contributed by atoms with Crippen molar-refractivity contribution in [2.24, 2.45) is 0 Å². The number of anilines is 1. The van der Waals surface area contributed by atoms with Crippen molar-refractivity contribution in [1.29, 1.82) is 0 Å². The lowest BCUT2D eigenvalue weighted by molar-refractivity contribution is -0.917. The predicted molar refractivity (Wildman–Crippen MR) is 94.6 cm³/mol. The molecule has 6 nitrogen and oxygen atoms in total. The summed E-state index contributed by atoms with van der Waals surface area (Å²) in [7, 11) is 0. The highest BCUT2D eigenvalue weighted by Crippen LogP contribution is 2.09. The van der Waals surface area contributed by atoms with Crippen LogP contribution in [0.2, 0.25) is 0 Å². The molecule has 0 radical (unpaired) electrons. The lowest BCUT2D eigenvalue weighted by Crippen LogP contribution is -3.19. The number of nitrogens with zero attached hydrogens (tertiary/aromatic N) is 1. The normalized spacial score (nSPS) is 16.5. The zero-order valence-electron chi connectivity index (χ0n) is 14.6. The molecule has 0 aliphatic carbocycles. The zero-order chi connectivity index (χ0) is 17.8. The molecule has 1 aliphatic rings. The number of furan rings is 1. The number of piperazine rings is 1. The van der Waals surface area contributed by atoms with E-state index in [4.69, 9.17) is 4.42 Å². The number of hydrogen-bond donors (Lipinski definition) is 2. The van der Waals surface area contributed by atoms with E-state index in [0.29, 0.717) is 18.8 Å². The summed E-state index contributed by atoms with van der Waals surface area (Å²) in [6, 6.07) is 11.0. The van der Waals surface area contributed by atoms with Crippen molar-refractivity contribution in [2.75, 3.05) is 31.5 Å². The number of carbonyl (C=O) groups excluding carboxylic acids is 2. The van der Waals surface area contributed by atoms with Crippen LogP contribution in [0, 0.1) is 6.92 Å². The first-order valence-corrected chi connectivity index (χ1v) is 8.59. The average Bonchev–Trinajstić information content (AvgIpc) is 3.17. The summed E-state index contributed by atoms with van der Waals surface area (Å²) in [5.41, 5.74) is 1.97. The first kappa shape index (κ1) is 17.2. The lowest BCUT2D eigenvalue weighted by Gasteiger charge is -2.34. The van der Waals surface area contributed by atoms with Crippen LogP contribution in [0.25, 0.3) is 0 Å². The van der Waals surface area contributed by atoms with E-state index in [-0.39, 0.29) is 17.9 Å². The number of benzene rings is 1. The van der Waals surface area contributed by atoms with Crippen LogP contribution in [0.5, 0.6) is 0 Å². The largest absolute Gasteiger partial charge is 0.459 e. The maximum atomic E-state index is 12.5. The van der Waals surface area contributed by atoms with Crippen molar-refractivity contribution < 1.29 is 18.9 Å². The standard InChI is InChI=1S/C19H23N3O3/c1-14-5-7-16(8-6-14)20-18(23)15(2)21-9-11-22(12-10-21)19(24)17-4-3-13-25-17/h3-8,13,15H,9-12H2,1-2H3,(H,20,23)/p+1/t15-/m1/s1. The number of quaternary nitrogens is 1. The highest BCUT2D eigenvalue weighted by molar-refractivity contribution is 5.93. The van der Waals surface area contributed by atoms with Crippen LogP contribution in [-0.4, -0.2) is 48.9 Å². The first-order valence-electron chi connectivity index (χ1n) is 8.59. The van der Waals surface area contributed by atoms with Crippen molar-refractivity contribution in [1.82, 2.24) is 4.90 Å². The van der Waals surface area contributed by atoms with Gasteiger partial charge in [0.05, 0.1) is 32.4 Å². The Hall–Kier alpha value is -2.60. The molecule has 2 heterocycles. The number of nitrogens with one attached hydrogen (secondary N) is 2. The molecule has 1 atom stereocenters. The van der Waals surface area contributed by atoms with E-state index in [0.717, 1.165) is 24.3 Å². The van der Waals surface area contributed by atoms with Crippen molar-refractivity contribution >= 4 is 17.5 Å². The van der Waals surface area contributed by atoms with Gasteiger partial charge in [-0.15, -0.1) is 0 Å². The van der Waals surface area contributed by atoms with Gasteiger partial charge in [0.1, 0.15) is 0 Å². The molecule has 1 saturated heterocycles. The quantitative estimate of drug-likeness (QED) is 0.870. The molecule has 0 saturated carbocycles. The van der Waals surface area contributed by atoms with E-state index in [1.807, 2.05) is 38.1 Å². The third kappa shape index (κ3) is 4.09. The van der Waals surface area contributed by atoms with Crippen molar-refractivity contribution in [3.8, 4) is 0 Å². The number of hydrogen-bond acceptors (Lipinski definition) is 3. The molecule has 3 rings (SSSR count). The number of aryl methyl sites for hydroxylation is 1. The summed E-state index contributed by atoms with van der Waals surface area (Å²) in [4.78, 5) is 27.7. The molecule has 132 valence electrons. The van der Waals surface area contributed by atoms with Crippen molar-refractivity contribution in [3.63, 3.8) is 0 Å². The molecule has 1 aromatic carbocycles. The Bertz CT molecular complexity index is 717. The molecule has 1 aromatic heterocycles. The Morgan fingerprint density at radius 2 is 1.84 bits per heavy atom. The zero-order valence-corrected chi connectivity index (χ0v) is 14.6. The van der Waals surface area contributed by atoms with E-state index in [2.05, 4.69) is 5.32 Å². The van der Waals surface area contributed by atoms with Gasteiger partial charge in [0.25, 0.3) is 11.8 Å². The molecule has 2 amide bonds. The third-order valence-electron chi connectivity index (χ3n) is 4.75. The Morgan fingerprint density at radius 3 is 2.44 bits per heavy atom. The Balaban J connectivity index is 1.52. The first-order chi connectivity index (χ1) is 12.0. The van der Waals surface area contributed by atoms with Crippen LogP contribution in [0.15, 0.2) is 47.1 Å².